The van der Waals surface area contributed by atoms with E-state index in [1.807, 2.05) is 0 Å². The van der Waals surface area contributed by atoms with Crippen LogP contribution in [0.1, 0.15) is 13.8 Å². The molecule has 0 aliphatic rings. The van der Waals surface area contributed by atoms with Crippen molar-refractivity contribution >= 4 is 34.6 Å². The summed E-state index contributed by atoms with van der Waals surface area (Å²) in [5, 5.41) is 0.218. The fraction of sp³-hybridized carbons (Fsp3) is 0.455. The minimum absolute atomic E-state index is 0.109. The van der Waals surface area contributed by atoms with Crippen molar-refractivity contribution in [2.75, 3.05) is 17.2 Å². The highest BCUT2D eigenvalue weighted by atomic mass is 35.5. The van der Waals surface area contributed by atoms with Gasteiger partial charge in [-0.3, -0.25) is 0 Å². The average molecular weight is 301 g/mol. The Kier molecular flexibility index (Phi) is 4.61. The van der Waals surface area contributed by atoms with Crippen molar-refractivity contribution in [2.45, 2.75) is 26.1 Å². The van der Waals surface area contributed by atoms with Gasteiger partial charge >= 0.3 is 6.18 Å². The van der Waals surface area contributed by atoms with E-state index in [1.54, 1.807) is 13.8 Å². The summed E-state index contributed by atoms with van der Waals surface area (Å²) in [6.45, 7) is 2.15. The van der Waals surface area contributed by atoms with Gasteiger partial charge in [0.1, 0.15) is 6.54 Å². The van der Waals surface area contributed by atoms with E-state index in [-0.39, 0.29) is 15.7 Å². The van der Waals surface area contributed by atoms with Crippen molar-refractivity contribution in [3.05, 3.63) is 22.2 Å². The second kappa shape index (κ2) is 5.45. The number of nitrogens with zero attached hydrogens (tertiary/aromatic N) is 1. The van der Waals surface area contributed by atoms with Gasteiger partial charge in [0.2, 0.25) is 0 Å². The molecule has 0 atom stereocenters. The second-order valence-electron chi connectivity index (χ2n) is 4.17. The van der Waals surface area contributed by atoms with Crippen molar-refractivity contribution < 1.29 is 13.2 Å². The van der Waals surface area contributed by atoms with Gasteiger partial charge in [-0.2, -0.15) is 13.2 Å². The molecule has 18 heavy (non-hydrogen) atoms. The van der Waals surface area contributed by atoms with Crippen LogP contribution >= 0.6 is 23.2 Å². The van der Waals surface area contributed by atoms with Gasteiger partial charge < -0.3 is 10.6 Å². The Labute approximate surface area is 113 Å². The highest BCUT2D eigenvalue weighted by molar-refractivity contribution is 6.39. The molecule has 0 radical (unpaired) electrons. The first kappa shape index (κ1) is 15.2. The summed E-state index contributed by atoms with van der Waals surface area (Å²) in [5.74, 6) is 0. The summed E-state index contributed by atoms with van der Waals surface area (Å²) < 4.78 is 37.6. The number of anilines is 2. The third kappa shape index (κ3) is 3.85. The van der Waals surface area contributed by atoms with E-state index in [0.717, 1.165) is 4.90 Å². The van der Waals surface area contributed by atoms with Crippen molar-refractivity contribution in [2.24, 2.45) is 0 Å². The van der Waals surface area contributed by atoms with Gasteiger partial charge in [-0.1, -0.05) is 23.2 Å². The first-order chi connectivity index (χ1) is 8.11. The summed E-state index contributed by atoms with van der Waals surface area (Å²) in [6, 6.07) is 2.37. The molecule has 1 rings (SSSR count). The molecular formula is C11H13Cl2F3N2. The number of rotatable bonds is 3. The summed E-state index contributed by atoms with van der Waals surface area (Å²) in [5.41, 5.74) is 5.98. The zero-order valence-electron chi connectivity index (χ0n) is 9.85. The largest absolute Gasteiger partial charge is 0.405 e. The van der Waals surface area contributed by atoms with E-state index in [0.29, 0.717) is 5.69 Å². The van der Waals surface area contributed by atoms with Crippen LogP contribution in [0.4, 0.5) is 24.5 Å². The number of nitrogen functional groups attached to an aromatic ring is 1. The number of benzene rings is 1. The first-order valence-electron chi connectivity index (χ1n) is 5.19. The van der Waals surface area contributed by atoms with Gasteiger partial charge in [0, 0.05) is 11.7 Å². The van der Waals surface area contributed by atoms with E-state index in [9.17, 15) is 13.2 Å². The van der Waals surface area contributed by atoms with Crippen molar-refractivity contribution in [3.63, 3.8) is 0 Å². The first-order valence-corrected chi connectivity index (χ1v) is 5.95. The number of hydrogen-bond acceptors (Lipinski definition) is 2. The zero-order valence-corrected chi connectivity index (χ0v) is 11.4. The topological polar surface area (TPSA) is 29.3 Å². The van der Waals surface area contributed by atoms with Crippen LogP contribution in [-0.2, 0) is 0 Å². The van der Waals surface area contributed by atoms with Crippen molar-refractivity contribution in [3.8, 4) is 0 Å². The number of hydrogen-bond donors (Lipinski definition) is 1. The van der Waals surface area contributed by atoms with Crippen LogP contribution in [0.25, 0.3) is 0 Å². The highest BCUT2D eigenvalue weighted by Gasteiger charge is 2.33. The van der Waals surface area contributed by atoms with Gasteiger partial charge in [-0.15, -0.1) is 0 Å². The van der Waals surface area contributed by atoms with E-state index < -0.39 is 18.8 Å². The molecule has 0 amide bonds. The SMILES string of the molecule is CC(C)N(CC(F)(F)F)c1c(Cl)cc(N)cc1Cl. The maximum absolute atomic E-state index is 12.5. The fourth-order valence-electron chi connectivity index (χ4n) is 1.57. The summed E-state index contributed by atoms with van der Waals surface area (Å²) >= 11 is 11.9. The van der Waals surface area contributed by atoms with Crippen molar-refractivity contribution in [1.29, 1.82) is 0 Å². The third-order valence-electron chi connectivity index (χ3n) is 2.30. The smallest absolute Gasteiger partial charge is 0.399 e. The monoisotopic (exact) mass is 300 g/mol. The zero-order chi connectivity index (χ0) is 14.1. The maximum Gasteiger partial charge on any atom is 0.405 e. The molecule has 0 aliphatic heterocycles. The molecule has 0 heterocycles. The van der Waals surface area contributed by atoms with Crippen LogP contribution in [0.2, 0.25) is 10.0 Å². The van der Waals surface area contributed by atoms with Crippen LogP contribution in [0.15, 0.2) is 12.1 Å². The predicted molar refractivity (Wildman–Crippen MR) is 69.4 cm³/mol. The summed E-state index contributed by atoms with van der Waals surface area (Å²) in [7, 11) is 0. The Morgan fingerprint density at radius 1 is 1.22 bits per heavy atom. The van der Waals surface area contributed by atoms with E-state index in [2.05, 4.69) is 0 Å². The molecule has 0 fully saturated rings. The van der Waals surface area contributed by atoms with Gasteiger partial charge in [0.15, 0.2) is 0 Å². The fourth-order valence-corrected chi connectivity index (χ4v) is 2.29. The van der Waals surface area contributed by atoms with Crippen LogP contribution in [-0.4, -0.2) is 18.8 Å². The molecule has 2 nitrogen and oxygen atoms in total. The van der Waals surface area contributed by atoms with Crippen molar-refractivity contribution in [1.82, 2.24) is 0 Å². The van der Waals surface area contributed by atoms with Crippen LogP contribution in [0.5, 0.6) is 0 Å². The third-order valence-corrected chi connectivity index (χ3v) is 2.88. The maximum atomic E-state index is 12.5. The summed E-state index contributed by atoms with van der Waals surface area (Å²) in [6.07, 6.45) is -4.34. The van der Waals surface area contributed by atoms with Crippen LogP contribution in [0, 0.1) is 0 Å². The molecule has 7 heteroatoms. The summed E-state index contributed by atoms with van der Waals surface area (Å²) in [4.78, 5) is 1.10. The minimum Gasteiger partial charge on any atom is -0.399 e. The molecule has 0 bridgehead atoms. The van der Waals surface area contributed by atoms with Gasteiger partial charge in [-0.25, -0.2) is 0 Å². The lowest BCUT2D eigenvalue weighted by atomic mass is 10.2. The molecule has 0 saturated heterocycles. The lowest BCUT2D eigenvalue weighted by Gasteiger charge is -2.31. The Balaban J connectivity index is 3.22. The average Bonchev–Trinajstić information content (AvgIpc) is 2.12. The predicted octanol–water partition coefficient (Wildman–Crippen LogP) is 4.35. The number of halogens is 5. The Hall–Kier alpha value is -0.810. The highest BCUT2D eigenvalue weighted by Crippen LogP contribution is 2.38. The molecule has 1 aromatic rings. The standard InChI is InChI=1S/C11H13Cl2F3N2/c1-6(2)18(5-11(14,15)16)10-8(12)3-7(17)4-9(10)13/h3-4,6H,5,17H2,1-2H3. The van der Waals surface area contributed by atoms with Crippen LogP contribution in [0.3, 0.4) is 0 Å². The van der Waals surface area contributed by atoms with Crippen LogP contribution < -0.4 is 10.6 Å². The molecule has 0 unspecified atom stereocenters. The quantitative estimate of drug-likeness (QED) is 0.841. The Morgan fingerprint density at radius 2 is 1.67 bits per heavy atom. The Morgan fingerprint density at radius 3 is 2.00 bits per heavy atom. The second-order valence-corrected chi connectivity index (χ2v) is 4.98. The number of nitrogens with two attached hydrogens (primary N) is 1. The molecule has 1 aromatic carbocycles. The van der Waals surface area contributed by atoms with E-state index in [4.69, 9.17) is 28.9 Å². The molecule has 0 saturated carbocycles. The normalized spacial score (nSPS) is 12.0. The molecule has 102 valence electrons. The molecule has 0 aliphatic carbocycles. The van der Waals surface area contributed by atoms with Gasteiger partial charge in [0.05, 0.1) is 15.7 Å². The lowest BCUT2D eigenvalue weighted by molar-refractivity contribution is -0.120. The molecular weight excluding hydrogens is 288 g/mol. The molecule has 2 N–H and O–H groups in total. The van der Waals surface area contributed by atoms with E-state index in [1.165, 1.54) is 12.1 Å². The lowest BCUT2D eigenvalue weighted by Crippen LogP contribution is -2.39. The van der Waals surface area contributed by atoms with E-state index >= 15 is 0 Å². The Bertz CT molecular complexity index is 410. The minimum atomic E-state index is -4.34. The van der Waals surface area contributed by atoms with Gasteiger partial charge in [0.25, 0.3) is 0 Å². The molecule has 0 spiro atoms. The number of alkyl halides is 3. The van der Waals surface area contributed by atoms with Gasteiger partial charge in [-0.05, 0) is 26.0 Å². The molecule has 0 aromatic heterocycles.